The fraction of sp³-hybridized carbons (Fsp3) is 0.333. The summed E-state index contributed by atoms with van der Waals surface area (Å²) in [6.07, 6.45) is 0. The molecule has 2 unspecified atom stereocenters. The molecule has 2 aromatic carbocycles. The van der Waals surface area contributed by atoms with E-state index < -0.39 is 23.8 Å². The Morgan fingerprint density at radius 3 is 2.21 bits per heavy atom. The molecule has 0 bridgehead atoms. The van der Waals surface area contributed by atoms with E-state index in [0.717, 1.165) is 0 Å². The lowest BCUT2D eigenvalue weighted by Crippen LogP contribution is -2.29. The highest BCUT2D eigenvalue weighted by molar-refractivity contribution is 5.90. The maximum Gasteiger partial charge on any atom is 0.314 e. The first kappa shape index (κ1) is 19.5. The number of methoxy groups -OCH3 is 2. The number of benzene rings is 2. The fourth-order valence-electron chi connectivity index (χ4n) is 3.21. The summed E-state index contributed by atoms with van der Waals surface area (Å²) in [5.74, 6) is -1.11. The zero-order valence-corrected chi connectivity index (χ0v) is 16.0. The first-order chi connectivity index (χ1) is 13.6. The standard InChI is InChI=1S/C21H22O7/c1-4-26-21(23)19(14-7-10-16-17(11-14)28-12-27-16)18(20(22)25-3)13-5-8-15(24-2)9-6-13/h5-11,18-19H,4,12H2,1-3H3. The van der Waals surface area contributed by atoms with Crippen LogP contribution in [0.5, 0.6) is 17.2 Å². The van der Waals surface area contributed by atoms with Gasteiger partial charge in [-0.15, -0.1) is 0 Å². The van der Waals surface area contributed by atoms with Gasteiger partial charge in [0.2, 0.25) is 6.79 Å². The summed E-state index contributed by atoms with van der Waals surface area (Å²) >= 11 is 0. The van der Waals surface area contributed by atoms with E-state index >= 15 is 0 Å². The van der Waals surface area contributed by atoms with Crippen LogP contribution in [0.1, 0.15) is 29.9 Å². The van der Waals surface area contributed by atoms with Gasteiger partial charge >= 0.3 is 11.9 Å². The van der Waals surface area contributed by atoms with Crippen LogP contribution < -0.4 is 14.2 Å². The third-order valence-electron chi connectivity index (χ3n) is 4.56. The predicted molar refractivity (Wildman–Crippen MR) is 99.7 cm³/mol. The molecule has 0 aromatic heterocycles. The van der Waals surface area contributed by atoms with Gasteiger partial charge < -0.3 is 23.7 Å². The van der Waals surface area contributed by atoms with Crippen LogP contribution in [0.2, 0.25) is 0 Å². The van der Waals surface area contributed by atoms with Gasteiger partial charge in [0, 0.05) is 0 Å². The van der Waals surface area contributed by atoms with Crippen LogP contribution in [0.25, 0.3) is 0 Å². The molecule has 0 fully saturated rings. The molecule has 3 rings (SSSR count). The number of rotatable bonds is 7. The molecule has 0 radical (unpaired) electrons. The SMILES string of the molecule is CCOC(=O)C(c1ccc2c(c1)OCO2)C(C(=O)OC)c1ccc(OC)cc1. The van der Waals surface area contributed by atoms with Crippen molar-refractivity contribution in [2.45, 2.75) is 18.8 Å². The lowest BCUT2D eigenvalue weighted by Gasteiger charge is -2.25. The molecule has 7 heteroatoms. The summed E-state index contributed by atoms with van der Waals surface area (Å²) in [5.41, 5.74) is 1.19. The van der Waals surface area contributed by atoms with Gasteiger partial charge in [0.1, 0.15) is 5.75 Å². The maximum atomic E-state index is 12.9. The van der Waals surface area contributed by atoms with Gasteiger partial charge in [-0.3, -0.25) is 9.59 Å². The minimum absolute atomic E-state index is 0.113. The van der Waals surface area contributed by atoms with Gasteiger partial charge in [-0.25, -0.2) is 0 Å². The van der Waals surface area contributed by atoms with Crippen LogP contribution in [0.4, 0.5) is 0 Å². The van der Waals surface area contributed by atoms with Crippen LogP contribution in [0.15, 0.2) is 42.5 Å². The molecular formula is C21H22O7. The number of carbonyl (C=O) groups is 2. The molecule has 0 amide bonds. The highest BCUT2D eigenvalue weighted by atomic mass is 16.7. The smallest absolute Gasteiger partial charge is 0.314 e. The van der Waals surface area contributed by atoms with Crippen molar-refractivity contribution < 1.29 is 33.3 Å². The highest BCUT2D eigenvalue weighted by Crippen LogP contribution is 2.40. The van der Waals surface area contributed by atoms with Crippen molar-refractivity contribution >= 4 is 11.9 Å². The van der Waals surface area contributed by atoms with E-state index in [1.54, 1.807) is 56.5 Å². The number of hydrogen-bond acceptors (Lipinski definition) is 7. The van der Waals surface area contributed by atoms with E-state index in [4.69, 9.17) is 23.7 Å². The van der Waals surface area contributed by atoms with Crippen LogP contribution in [-0.2, 0) is 19.1 Å². The molecule has 1 heterocycles. The molecule has 2 aromatic rings. The summed E-state index contributed by atoms with van der Waals surface area (Å²) in [6, 6.07) is 12.1. The average molecular weight is 386 g/mol. The number of fused-ring (bicyclic) bond motifs is 1. The van der Waals surface area contributed by atoms with Crippen molar-refractivity contribution in [3.05, 3.63) is 53.6 Å². The zero-order chi connectivity index (χ0) is 20.1. The van der Waals surface area contributed by atoms with E-state index in [-0.39, 0.29) is 13.4 Å². The van der Waals surface area contributed by atoms with Gasteiger partial charge in [0.15, 0.2) is 11.5 Å². The number of hydrogen-bond donors (Lipinski definition) is 0. The van der Waals surface area contributed by atoms with Crippen molar-refractivity contribution in [3.8, 4) is 17.2 Å². The van der Waals surface area contributed by atoms with Crippen LogP contribution in [-0.4, -0.2) is 39.6 Å². The number of carbonyl (C=O) groups excluding carboxylic acids is 2. The van der Waals surface area contributed by atoms with Crippen molar-refractivity contribution in [1.29, 1.82) is 0 Å². The third-order valence-corrected chi connectivity index (χ3v) is 4.56. The Labute approximate surface area is 163 Å². The summed E-state index contributed by atoms with van der Waals surface area (Å²) in [4.78, 5) is 25.6. The lowest BCUT2D eigenvalue weighted by atomic mass is 9.81. The van der Waals surface area contributed by atoms with Crippen molar-refractivity contribution in [3.63, 3.8) is 0 Å². The zero-order valence-electron chi connectivity index (χ0n) is 16.0. The second-order valence-corrected chi connectivity index (χ2v) is 6.12. The molecule has 0 spiro atoms. The van der Waals surface area contributed by atoms with E-state index in [9.17, 15) is 9.59 Å². The average Bonchev–Trinajstić information content (AvgIpc) is 3.19. The van der Waals surface area contributed by atoms with Crippen molar-refractivity contribution in [2.75, 3.05) is 27.6 Å². The molecular weight excluding hydrogens is 364 g/mol. The number of ether oxygens (including phenoxy) is 5. The maximum absolute atomic E-state index is 12.9. The molecule has 0 aliphatic carbocycles. The molecule has 0 saturated heterocycles. The summed E-state index contributed by atoms with van der Waals surface area (Å²) in [6.45, 7) is 2.02. The fourth-order valence-corrected chi connectivity index (χ4v) is 3.21. The first-order valence-corrected chi connectivity index (χ1v) is 8.87. The predicted octanol–water partition coefficient (Wildman–Crippen LogP) is 3.03. The molecule has 0 saturated carbocycles. The molecule has 1 aliphatic heterocycles. The molecule has 28 heavy (non-hydrogen) atoms. The van der Waals surface area contributed by atoms with Gasteiger partial charge in [-0.05, 0) is 42.3 Å². The van der Waals surface area contributed by atoms with E-state index in [1.807, 2.05) is 0 Å². The van der Waals surface area contributed by atoms with Gasteiger partial charge in [0.05, 0.1) is 32.7 Å². The Morgan fingerprint density at radius 1 is 0.929 bits per heavy atom. The summed E-state index contributed by atoms with van der Waals surface area (Å²) in [5, 5.41) is 0. The summed E-state index contributed by atoms with van der Waals surface area (Å²) in [7, 11) is 2.85. The molecule has 1 aliphatic rings. The second kappa shape index (κ2) is 8.65. The third kappa shape index (κ3) is 3.88. The molecule has 0 N–H and O–H groups in total. The topological polar surface area (TPSA) is 80.3 Å². The van der Waals surface area contributed by atoms with E-state index in [0.29, 0.717) is 28.4 Å². The van der Waals surface area contributed by atoms with Crippen LogP contribution >= 0.6 is 0 Å². The van der Waals surface area contributed by atoms with Gasteiger partial charge in [0.25, 0.3) is 0 Å². The Bertz CT molecular complexity index is 844. The largest absolute Gasteiger partial charge is 0.497 e. The Balaban J connectivity index is 2.08. The summed E-state index contributed by atoms with van der Waals surface area (Å²) < 4.78 is 26.2. The molecule has 2 atom stereocenters. The Kier molecular flexibility index (Phi) is 6.03. The molecule has 7 nitrogen and oxygen atoms in total. The minimum atomic E-state index is -0.907. The van der Waals surface area contributed by atoms with E-state index in [1.165, 1.54) is 7.11 Å². The lowest BCUT2D eigenvalue weighted by molar-refractivity contribution is -0.152. The second-order valence-electron chi connectivity index (χ2n) is 6.12. The van der Waals surface area contributed by atoms with Crippen molar-refractivity contribution in [2.24, 2.45) is 0 Å². The normalized spacial score (nSPS) is 14.1. The van der Waals surface area contributed by atoms with Gasteiger partial charge in [-0.1, -0.05) is 18.2 Å². The first-order valence-electron chi connectivity index (χ1n) is 8.87. The quantitative estimate of drug-likeness (QED) is 0.677. The van der Waals surface area contributed by atoms with Gasteiger partial charge in [-0.2, -0.15) is 0 Å². The minimum Gasteiger partial charge on any atom is -0.497 e. The Morgan fingerprint density at radius 2 is 1.57 bits per heavy atom. The van der Waals surface area contributed by atoms with Crippen molar-refractivity contribution in [1.82, 2.24) is 0 Å². The number of esters is 2. The molecule has 148 valence electrons. The van der Waals surface area contributed by atoms with E-state index in [2.05, 4.69) is 0 Å². The van der Waals surface area contributed by atoms with Crippen LogP contribution in [0.3, 0.4) is 0 Å². The Hall–Kier alpha value is -3.22. The highest BCUT2D eigenvalue weighted by Gasteiger charge is 2.39. The van der Waals surface area contributed by atoms with Crippen LogP contribution in [0, 0.1) is 0 Å². The monoisotopic (exact) mass is 386 g/mol.